The summed E-state index contributed by atoms with van der Waals surface area (Å²) in [6.07, 6.45) is 0. The van der Waals surface area contributed by atoms with E-state index in [-0.39, 0.29) is 0 Å². The van der Waals surface area contributed by atoms with Crippen molar-refractivity contribution in [2.75, 3.05) is 14.2 Å². The van der Waals surface area contributed by atoms with E-state index in [1.807, 2.05) is 27.8 Å². The highest BCUT2D eigenvalue weighted by molar-refractivity contribution is 5.41. The molecule has 0 N–H and O–H groups in total. The topological polar surface area (TPSA) is 36.3 Å². The second kappa shape index (κ2) is 5.41. The Balaban J connectivity index is 3.00. The van der Waals surface area contributed by atoms with E-state index in [1.165, 1.54) is 11.1 Å². The third-order valence-corrected chi connectivity index (χ3v) is 3.49. The molecule has 0 aliphatic rings. The van der Waals surface area contributed by atoms with Crippen LogP contribution in [0.25, 0.3) is 0 Å². The highest BCUT2D eigenvalue weighted by Gasteiger charge is 2.23. The Labute approximate surface area is 110 Å². The van der Waals surface area contributed by atoms with Gasteiger partial charge in [-0.3, -0.25) is 4.90 Å². The van der Waals surface area contributed by atoms with Crippen molar-refractivity contribution in [2.24, 2.45) is 0 Å². The van der Waals surface area contributed by atoms with Gasteiger partial charge in [0.2, 0.25) is 0 Å². The number of nitriles is 1. The minimum atomic E-state index is -0.458. The zero-order valence-corrected chi connectivity index (χ0v) is 12.2. The van der Waals surface area contributed by atoms with E-state index in [0.29, 0.717) is 0 Å². The molecule has 0 saturated carbocycles. The maximum absolute atomic E-state index is 9.14. The summed E-state index contributed by atoms with van der Waals surface area (Å²) in [4.78, 5) is 2.06. The molecule has 1 aromatic rings. The minimum absolute atomic E-state index is 0.458. The van der Waals surface area contributed by atoms with Gasteiger partial charge in [0.25, 0.3) is 0 Å². The lowest BCUT2D eigenvalue weighted by atomic mass is 10.0. The number of hydrogen-bond donors (Lipinski definition) is 0. The second-order valence-corrected chi connectivity index (χ2v) is 5.28. The summed E-state index contributed by atoms with van der Waals surface area (Å²) in [5, 5.41) is 9.14. The minimum Gasteiger partial charge on any atom is -0.496 e. The molecule has 0 amide bonds. The monoisotopic (exact) mass is 246 g/mol. The van der Waals surface area contributed by atoms with E-state index >= 15 is 0 Å². The van der Waals surface area contributed by atoms with Crippen molar-refractivity contribution >= 4 is 0 Å². The molecular weight excluding hydrogens is 224 g/mol. The summed E-state index contributed by atoms with van der Waals surface area (Å²) >= 11 is 0. The summed E-state index contributed by atoms with van der Waals surface area (Å²) in [5.74, 6) is 0.915. The summed E-state index contributed by atoms with van der Waals surface area (Å²) in [5.41, 5.74) is 3.10. The fraction of sp³-hybridized carbons (Fsp3) is 0.533. The molecule has 0 atom stereocenters. The zero-order valence-electron chi connectivity index (χ0n) is 12.2. The van der Waals surface area contributed by atoms with Gasteiger partial charge in [-0.15, -0.1) is 0 Å². The van der Waals surface area contributed by atoms with Gasteiger partial charge in [-0.1, -0.05) is 6.07 Å². The molecule has 0 radical (unpaired) electrons. The number of nitrogens with zero attached hydrogens (tertiary/aromatic N) is 2. The van der Waals surface area contributed by atoms with E-state index in [9.17, 15) is 0 Å². The SMILES string of the molecule is COc1cc(C)c(CN(C)C(C)(C)C#N)cc1C. The largest absolute Gasteiger partial charge is 0.496 e. The van der Waals surface area contributed by atoms with Crippen LogP contribution in [0.2, 0.25) is 0 Å². The van der Waals surface area contributed by atoms with Crippen LogP contribution >= 0.6 is 0 Å². The Morgan fingerprint density at radius 2 is 1.89 bits per heavy atom. The molecule has 0 heterocycles. The Hall–Kier alpha value is -1.53. The number of benzene rings is 1. The molecule has 0 bridgehead atoms. The Bertz CT molecular complexity index is 472. The number of aryl methyl sites for hydroxylation is 2. The van der Waals surface area contributed by atoms with Gasteiger partial charge in [0, 0.05) is 6.54 Å². The first-order valence-electron chi connectivity index (χ1n) is 6.08. The average Bonchev–Trinajstić information content (AvgIpc) is 2.33. The van der Waals surface area contributed by atoms with Crippen LogP contribution in [0.5, 0.6) is 5.75 Å². The molecule has 18 heavy (non-hydrogen) atoms. The van der Waals surface area contributed by atoms with E-state index in [2.05, 4.69) is 30.0 Å². The number of hydrogen-bond acceptors (Lipinski definition) is 3. The molecule has 98 valence electrons. The van der Waals surface area contributed by atoms with Crippen molar-refractivity contribution in [3.8, 4) is 11.8 Å². The first-order chi connectivity index (χ1) is 8.31. The van der Waals surface area contributed by atoms with Crippen molar-refractivity contribution < 1.29 is 4.74 Å². The van der Waals surface area contributed by atoms with E-state index in [4.69, 9.17) is 10.00 Å². The molecule has 3 heteroatoms. The molecule has 0 unspecified atom stereocenters. The molecule has 0 spiro atoms. The van der Waals surface area contributed by atoms with Crippen molar-refractivity contribution in [2.45, 2.75) is 39.8 Å². The molecule has 0 aromatic heterocycles. The van der Waals surface area contributed by atoms with Crippen molar-refractivity contribution in [1.82, 2.24) is 4.90 Å². The Morgan fingerprint density at radius 1 is 1.28 bits per heavy atom. The lowest BCUT2D eigenvalue weighted by Gasteiger charge is -2.29. The predicted octanol–water partition coefficient (Wildman–Crippen LogP) is 3.05. The standard InChI is InChI=1S/C15H22N2O/c1-11-8-14(18-6)12(2)7-13(11)9-17(5)15(3,4)10-16/h7-8H,9H2,1-6H3. The third-order valence-electron chi connectivity index (χ3n) is 3.49. The number of ether oxygens (including phenoxy) is 1. The molecule has 1 aromatic carbocycles. The van der Waals surface area contributed by atoms with Crippen LogP contribution in [-0.2, 0) is 6.54 Å². The van der Waals surface area contributed by atoms with Crippen LogP contribution in [0.15, 0.2) is 12.1 Å². The van der Waals surface area contributed by atoms with Gasteiger partial charge < -0.3 is 4.74 Å². The first kappa shape index (κ1) is 14.5. The maximum Gasteiger partial charge on any atom is 0.122 e. The zero-order chi connectivity index (χ0) is 13.9. The van der Waals surface area contributed by atoms with Crippen LogP contribution < -0.4 is 4.74 Å². The van der Waals surface area contributed by atoms with Crippen molar-refractivity contribution in [3.05, 3.63) is 28.8 Å². The van der Waals surface area contributed by atoms with Crippen molar-refractivity contribution in [1.29, 1.82) is 5.26 Å². The molecule has 0 fully saturated rings. The molecule has 1 rings (SSSR count). The molecule has 0 saturated heterocycles. The van der Waals surface area contributed by atoms with E-state index in [1.54, 1.807) is 7.11 Å². The van der Waals surface area contributed by atoms with Crippen LogP contribution in [-0.4, -0.2) is 24.6 Å². The van der Waals surface area contributed by atoms with Gasteiger partial charge in [0.05, 0.1) is 13.2 Å². The van der Waals surface area contributed by atoms with Gasteiger partial charge in [-0.2, -0.15) is 5.26 Å². The van der Waals surface area contributed by atoms with Crippen molar-refractivity contribution in [3.63, 3.8) is 0 Å². The summed E-state index contributed by atoms with van der Waals surface area (Å²) in [6, 6.07) is 6.51. The predicted molar refractivity (Wildman–Crippen MR) is 73.6 cm³/mol. The number of rotatable bonds is 4. The van der Waals surface area contributed by atoms with E-state index < -0.39 is 5.54 Å². The van der Waals surface area contributed by atoms with Crippen LogP contribution in [0.4, 0.5) is 0 Å². The third kappa shape index (κ3) is 3.02. The summed E-state index contributed by atoms with van der Waals surface area (Å²) in [7, 11) is 3.66. The highest BCUT2D eigenvalue weighted by Crippen LogP contribution is 2.24. The maximum atomic E-state index is 9.14. The van der Waals surface area contributed by atoms with Crippen LogP contribution in [0.3, 0.4) is 0 Å². The lowest BCUT2D eigenvalue weighted by molar-refractivity contribution is 0.202. The smallest absolute Gasteiger partial charge is 0.122 e. The first-order valence-corrected chi connectivity index (χ1v) is 6.08. The van der Waals surface area contributed by atoms with Gasteiger partial charge in [-0.25, -0.2) is 0 Å². The van der Waals surface area contributed by atoms with E-state index in [0.717, 1.165) is 17.9 Å². The fourth-order valence-corrected chi connectivity index (χ4v) is 1.78. The second-order valence-electron chi connectivity index (χ2n) is 5.28. The lowest BCUT2D eigenvalue weighted by Crippen LogP contribution is -2.39. The van der Waals surface area contributed by atoms with Gasteiger partial charge in [-0.05, 0) is 57.5 Å². The Morgan fingerprint density at radius 3 is 2.39 bits per heavy atom. The molecule has 0 aliphatic heterocycles. The molecule has 0 aliphatic carbocycles. The van der Waals surface area contributed by atoms with Crippen LogP contribution in [0, 0.1) is 25.2 Å². The van der Waals surface area contributed by atoms with Gasteiger partial charge in [0.15, 0.2) is 0 Å². The molecule has 3 nitrogen and oxygen atoms in total. The Kier molecular flexibility index (Phi) is 4.37. The number of methoxy groups -OCH3 is 1. The molecular formula is C15H22N2O. The quantitative estimate of drug-likeness (QED) is 0.819. The van der Waals surface area contributed by atoms with Gasteiger partial charge in [0.1, 0.15) is 11.3 Å². The normalized spacial score (nSPS) is 11.4. The fourth-order valence-electron chi connectivity index (χ4n) is 1.78. The average molecular weight is 246 g/mol. The van der Waals surface area contributed by atoms with Crippen LogP contribution in [0.1, 0.15) is 30.5 Å². The summed E-state index contributed by atoms with van der Waals surface area (Å²) in [6.45, 7) is 8.73. The highest BCUT2D eigenvalue weighted by atomic mass is 16.5. The summed E-state index contributed by atoms with van der Waals surface area (Å²) < 4.78 is 5.31. The van der Waals surface area contributed by atoms with Gasteiger partial charge >= 0.3 is 0 Å².